The Kier molecular flexibility index (Phi) is 5.61. The SMILES string of the molecule is O=C(CCCOc1ccccc1)NCC1CCS(=O)(=O)C1. The van der Waals surface area contributed by atoms with Crippen LogP contribution in [0.2, 0.25) is 0 Å². The Labute approximate surface area is 125 Å². The van der Waals surface area contributed by atoms with E-state index in [1.807, 2.05) is 30.3 Å². The minimum atomic E-state index is -2.87. The summed E-state index contributed by atoms with van der Waals surface area (Å²) in [5, 5.41) is 2.80. The fraction of sp³-hybridized carbons (Fsp3) is 0.533. The Morgan fingerprint density at radius 1 is 1.29 bits per heavy atom. The number of para-hydroxylation sites is 1. The molecule has 1 heterocycles. The van der Waals surface area contributed by atoms with Gasteiger partial charge in [-0.25, -0.2) is 8.42 Å². The predicted octanol–water partition coefficient (Wildman–Crippen LogP) is 1.40. The predicted molar refractivity (Wildman–Crippen MR) is 80.9 cm³/mol. The van der Waals surface area contributed by atoms with Gasteiger partial charge in [-0.1, -0.05) is 18.2 Å². The van der Waals surface area contributed by atoms with Gasteiger partial charge in [-0.05, 0) is 30.9 Å². The van der Waals surface area contributed by atoms with Gasteiger partial charge in [0.05, 0.1) is 18.1 Å². The first-order valence-corrected chi connectivity index (χ1v) is 9.02. The molecule has 116 valence electrons. The number of sulfone groups is 1. The normalized spacial score (nSPS) is 20.1. The number of benzene rings is 1. The molecule has 1 fully saturated rings. The second-order valence-corrected chi connectivity index (χ2v) is 7.57. The second kappa shape index (κ2) is 7.45. The minimum absolute atomic E-state index is 0.0454. The minimum Gasteiger partial charge on any atom is -0.494 e. The van der Waals surface area contributed by atoms with Crippen LogP contribution in [0.4, 0.5) is 0 Å². The zero-order chi connectivity index (χ0) is 15.1. The lowest BCUT2D eigenvalue weighted by molar-refractivity contribution is -0.121. The van der Waals surface area contributed by atoms with Crippen LogP contribution in [-0.4, -0.2) is 39.0 Å². The number of nitrogens with one attached hydrogen (secondary N) is 1. The topological polar surface area (TPSA) is 72.5 Å². The van der Waals surface area contributed by atoms with Crippen LogP contribution in [0, 0.1) is 5.92 Å². The molecule has 1 unspecified atom stereocenters. The molecule has 1 N–H and O–H groups in total. The van der Waals surface area contributed by atoms with Crippen LogP contribution >= 0.6 is 0 Å². The van der Waals surface area contributed by atoms with E-state index < -0.39 is 9.84 Å². The first-order valence-electron chi connectivity index (χ1n) is 7.20. The van der Waals surface area contributed by atoms with Crippen LogP contribution in [0.3, 0.4) is 0 Å². The number of carbonyl (C=O) groups excluding carboxylic acids is 1. The molecule has 1 amide bonds. The molecular formula is C15H21NO4S. The lowest BCUT2D eigenvalue weighted by atomic mass is 10.1. The smallest absolute Gasteiger partial charge is 0.220 e. The molecule has 1 aliphatic rings. The third-order valence-corrected chi connectivity index (χ3v) is 5.31. The standard InChI is InChI=1S/C15H21NO4S/c17-15(16-11-13-8-10-21(18,19)12-13)7-4-9-20-14-5-2-1-3-6-14/h1-3,5-6,13H,4,7-12H2,(H,16,17). The molecule has 0 spiro atoms. The first-order chi connectivity index (χ1) is 10.1. The third-order valence-electron chi connectivity index (χ3n) is 3.47. The number of hydrogen-bond acceptors (Lipinski definition) is 4. The lowest BCUT2D eigenvalue weighted by Gasteiger charge is -2.10. The fourth-order valence-electron chi connectivity index (χ4n) is 2.32. The highest BCUT2D eigenvalue weighted by Crippen LogP contribution is 2.17. The maximum absolute atomic E-state index is 11.7. The van der Waals surface area contributed by atoms with Gasteiger partial charge in [0.25, 0.3) is 0 Å². The van der Waals surface area contributed by atoms with E-state index in [2.05, 4.69) is 5.32 Å². The molecule has 0 radical (unpaired) electrons. The highest BCUT2D eigenvalue weighted by molar-refractivity contribution is 7.91. The number of carbonyl (C=O) groups is 1. The molecule has 1 saturated heterocycles. The molecular weight excluding hydrogens is 290 g/mol. The van der Waals surface area contributed by atoms with E-state index in [0.29, 0.717) is 32.4 Å². The van der Waals surface area contributed by atoms with Crippen LogP contribution in [0.1, 0.15) is 19.3 Å². The molecule has 5 nitrogen and oxygen atoms in total. The average molecular weight is 311 g/mol. The zero-order valence-corrected chi connectivity index (χ0v) is 12.8. The maximum Gasteiger partial charge on any atom is 0.220 e. The van der Waals surface area contributed by atoms with Crippen molar-refractivity contribution in [2.45, 2.75) is 19.3 Å². The van der Waals surface area contributed by atoms with Gasteiger partial charge >= 0.3 is 0 Å². The summed E-state index contributed by atoms with van der Waals surface area (Å²) in [5.74, 6) is 1.27. The van der Waals surface area contributed by atoms with E-state index in [1.165, 1.54) is 0 Å². The van der Waals surface area contributed by atoms with Crippen LogP contribution in [0.5, 0.6) is 5.75 Å². The van der Waals surface area contributed by atoms with Crippen molar-refractivity contribution in [1.82, 2.24) is 5.32 Å². The average Bonchev–Trinajstić information content (AvgIpc) is 2.82. The van der Waals surface area contributed by atoms with Crippen molar-refractivity contribution in [2.24, 2.45) is 5.92 Å². The van der Waals surface area contributed by atoms with E-state index in [0.717, 1.165) is 5.75 Å². The van der Waals surface area contributed by atoms with Gasteiger partial charge in [0, 0.05) is 13.0 Å². The van der Waals surface area contributed by atoms with Crippen LogP contribution in [0.15, 0.2) is 30.3 Å². The third kappa shape index (κ3) is 5.75. The van der Waals surface area contributed by atoms with E-state index in [4.69, 9.17) is 4.74 Å². The monoisotopic (exact) mass is 311 g/mol. The summed E-state index contributed by atoms with van der Waals surface area (Å²) < 4.78 is 28.1. The molecule has 21 heavy (non-hydrogen) atoms. The molecule has 1 aliphatic heterocycles. The van der Waals surface area contributed by atoms with Gasteiger partial charge in [-0.15, -0.1) is 0 Å². The highest BCUT2D eigenvalue weighted by Gasteiger charge is 2.27. The van der Waals surface area contributed by atoms with Crippen molar-refractivity contribution < 1.29 is 17.9 Å². The van der Waals surface area contributed by atoms with Crippen LogP contribution < -0.4 is 10.1 Å². The van der Waals surface area contributed by atoms with E-state index in [-0.39, 0.29) is 23.3 Å². The molecule has 0 saturated carbocycles. The molecule has 6 heteroatoms. The van der Waals surface area contributed by atoms with Crippen LogP contribution in [0.25, 0.3) is 0 Å². The number of ether oxygens (including phenoxy) is 1. The summed E-state index contributed by atoms with van der Waals surface area (Å²) in [4.78, 5) is 11.7. The Morgan fingerprint density at radius 2 is 2.05 bits per heavy atom. The van der Waals surface area contributed by atoms with Gasteiger partial charge in [0.2, 0.25) is 5.91 Å². The molecule has 0 aliphatic carbocycles. The summed E-state index contributed by atoms with van der Waals surface area (Å²) in [6, 6.07) is 9.47. The molecule has 1 atom stereocenters. The van der Waals surface area contributed by atoms with E-state index in [9.17, 15) is 13.2 Å². The number of hydrogen-bond donors (Lipinski definition) is 1. The Hall–Kier alpha value is -1.56. The van der Waals surface area contributed by atoms with E-state index >= 15 is 0 Å². The lowest BCUT2D eigenvalue weighted by Crippen LogP contribution is -2.29. The summed E-state index contributed by atoms with van der Waals surface area (Å²) in [6.07, 6.45) is 1.69. The highest BCUT2D eigenvalue weighted by atomic mass is 32.2. The Balaban J connectivity index is 1.56. The molecule has 0 aromatic heterocycles. The summed E-state index contributed by atoms with van der Waals surface area (Å²) >= 11 is 0. The van der Waals surface area contributed by atoms with Crippen molar-refractivity contribution in [3.63, 3.8) is 0 Å². The Morgan fingerprint density at radius 3 is 2.71 bits per heavy atom. The first kappa shape index (κ1) is 15.8. The fourth-order valence-corrected chi connectivity index (χ4v) is 4.18. The quantitative estimate of drug-likeness (QED) is 0.773. The number of rotatable bonds is 7. The van der Waals surface area contributed by atoms with Gasteiger partial charge in [0.15, 0.2) is 9.84 Å². The largest absolute Gasteiger partial charge is 0.494 e. The molecule has 2 rings (SSSR count). The summed E-state index contributed by atoms with van der Waals surface area (Å²) in [7, 11) is -2.87. The van der Waals surface area contributed by atoms with Crippen molar-refractivity contribution >= 4 is 15.7 Å². The van der Waals surface area contributed by atoms with Crippen molar-refractivity contribution in [2.75, 3.05) is 24.7 Å². The van der Waals surface area contributed by atoms with Gasteiger partial charge < -0.3 is 10.1 Å². The van der Waals surface area contributed by atoms with Crippen molar-refractivity contribution in [3.05, 3.63) is 30.3 Å². The maximum atomic E-state index is 11.7. The summed E-state index contributed by atoms with van der Waals surface area (Å²) in [5.41, 5.74) is 0. The van der Waals surface area contributed by atoms with Crippen LogP contribution in [-0.2, 0) is 14.6 Å². The van der Waals surface area contributed by atoms with Gasteiger partial charge in [-0.3, -0.25) is 4.79 Å². The second-order valence-electron chi connectivity index (χ2n) is 5.34. The zero-order valence-electron chi connectivity index (χ0n) is 12.0. The molecule has 1 aromatic carbocycles. The van der Waals surface area contributed by atoms with Gasteiger partial charge in [-0.2, -0.15) is 0 Å². The molecule has 0 bridgehead atoms. The Bertz CT molecular complexity index is 556. The summed E-state index contributed by atoms with van der Waals surface area (Å²) in [6.45, 7) is 0.951. The van der Waals surface area contributed by atoms with Crippen molar-refractivity contribution in [3.8, 4) is 5.75 Å². The van der Waals surface area contributed by atoms with Crippen molar-refractivity contribution in [1.29, 1.82) is 0 Å². The van der Waals surface area contributed by atoms with Gasteiger partial charge in [0.1, 0.15) is 5.75 Å². The molecule has 1 aromatic rings. The van der Waals surface area contributed by atoms with E-state index in [1.54, 1.807) is 0 Å². The number of amides is 1.